The van der Waals surface area contributed by atoms with E-state index in [-0.39, 0.29) is 29.4 Å². The minimum absolute atomic E-state index is 0.00680. The summed E-state index contributed by atoms with van der Waals surface area (Å²) in [6.07, 6.45) is -2.85. The van der Waals surface area contributed by atoms with Gasteiger partial charge >= 0.3 is 12.4 Å². The van der Waals surface area contributed by atoms with Gasteiger partial charge in [0.15, 0.2) is 5.78 Å². The summed E-state index contributed by atoms with van der Waals surface area (Å²) < 4.78 is 84.8. The van der Waals surface area contributed by atoms with E-state index in [1.165, 1.54) is 12.1 Å². The van der Waals surface area contributed by atoms with E-state index < -0.39 is 29.4 Å². The Morgan fingerprint density at radius 1 is 0.971 bits per heavy atom. The topological polar surface area (TPSA) is 39.2 Å². The van der Waals surface area contributed by atoms with Crippen LogP contribution in [0.4, 0.5) is 26.3 Å². The molecule has 4 aliphatic rings. The van der Waals surface area contributed by atoms with Crippen LogP contribution in [0.3, 0.4) is 0 Å². The Balaban J connectivity index is 1.51. The summed E-state index contributed by atoms with van der Waals surface area (Å²) in [7, 11) is 0. The number of Topliss-reactive ketones (excluding diaryl/α,β-unsaturated/α-hetero) is 1. The highest BCUT2D eigenvalue weighted by atomic mass is 19.4. The number of allylic oxidation sites excluding steroid dienone is 2. The van der Waals surface area contributed by atoms with E-state index in [1.54, 1.807) is 6.07 Å². The van der Waals surface area contributed by atoms with Crippen LogP contribution >= 0.6 is 0 Å². The molecule has 186 valence electrons. The van der Waals surface area contributed by atoms with Crippen molar-refractivity contribution in [2.75, 3.05) is 0 Å². The lowest BCUT2D eigenvalue weighted by atomic mass is 9.59. The van der Waals surface area contributed by atoms with E-state index in [0.717, 1.165) is 31.2 Å². The van der Waals surface area contributed by atoms with Crippen molar-refractivity contribution in [1.29, 1.82) is 0 Å². The van der Waals surface area contributed by atoms with Gasteiger partial charge in [-0.2, -0.15) is 26.3 Å². The van der Waals surface area contributed by atoms with Crippen molar-refractivity contribution < 1.29 is 35.9 Å². The van der Waals surface area contributed by atoms with Gasteiger partial charge in [0.2, 0.25) is 5.88 Å². The number of benzene rings is 1. The maximum atomic E-state index is 13.5. The Hall–Kier alpha value is -2.84. The third kappa shape index (κ3) is 4.23. The number of fused-ring (bicyclic) bond motifs is 2. The van der Waals surface area contributed by atoms with Crippen LogP contribution in [0.15, 0.2) is 36.5 Å². The van der Waals surface area contributed by atoms with Gasteiger partial charge in [-0.05, 0) is 79.2 Å². The van der Waals surface area contributed by atoms with Gasteiger partial charge in [-0.3, -0.25) is 4.79 Å². The minimum Gasteiger partial charge on any atom is -0.438 e. The molecule has 2 bridgehead atoms. The monoisotopic (exact) mass is 495 g/mol. The third-order valence-corrected chi connectivity index (χ3v) is 7.66. The van der Waals surface area contributed by atoms with Gasteiger partial charge in [0.25, 0.3) is 0 Å². The Labute approximate surface area is 198 Å². The van der Waals surface area contributed by atoms with Gasteiger partial charge in [0.1, 0.15) is 11.3 Å². The molecule has 2 atom stereocenters. The summed E-state index contributed by atoms with van der Waals surface area (Å²) in [5.41, 5.74) is -1.12. The highest BCUT2D eigenvalue weighted by molar-refractivity contribution is 6.24. The molecular weight excluding hydrogens is 472 g/mol. The Bertz CT molecular complexity index is 1190. The lowest BCUT2D eigenvalue weighted by Gasteiger charge is -2.44. The molecule has 0 aliphatic heterocycles. The highest BCUT2D eigenvalue weighted by Gasteiger charge is 2.50. The van der Waals surface area contributed by atoms with Crippen LogP contribution in [-0.4, -0.2) is 10.8 Å². The molecule has 3 saturated carbocycles. The smallest absolute Gasteiger partial charge is 0.421 e. The second-order valence-electron chi connectivity index (χ2n) is 9.57. The van der Waals surface area contributed by atoms with Gasteiger partial charge in [-0.1, -0.05) is 19.1 Å². The predicted octanol–water partition coefficient (Wildman–Crippen LogP) is 7.49. The second kappa shape index (κ2) is 8.38. The second-order valence-corrected chi connectivity index (χ2v) is 9.57. The van der Waals surface area contributed by atoms with Crippen molar-refractivity contribution in [2.24, 2.45) is 23.7 Å². The molecular formula is C26H23F6NO2. The first-order chi connectivity index (χ1) is 16.5. The zero-order chi connectivity index (χ0) is 25.1. The SMILES string of the molecule is CCc1ccc(Oc2ncc(C(F)(F)F)cc2C(F)(F)F)cc1C1=CC2C3CCC(CC3)C2C1=O. The lowest BCUT2D eigenvalue weighted by Crippen LogP contribution is -2.40. The molecule has 1 aromatic carbocycles. The van der Waals surface area contributed by atoms with Crippen molar-refractivity contribution in [1.82, 2.24) is 4.98 Å². The average molecular weight is 495 g/mol. The summed E-state index contributed by atoms with van der Waals surface area (Å²) in [4.78, 5) is 16.7. The van der Waals surface area contributed by atoms with Crippen LogP contribution in [-0.2, 0) is 23.6 Å². The number of ether oxygens (including phenoxy) is 1. The van der Waals surface area contributed by atoms with E-state index >= 15 is 0 Å². The molecule has 3 nitrogen and oxygen atoms in total. The molecule has 9 heteroatoms. The number of alkyl halides is 6. The standard InChI is InChI=1S/C26H23F6NO2/c1-2-13-7-8-17(35-24-21(26(30,31)32)9-16(12-33-24)25(27,28)29)10-18(13)20-11-19-14-3-5-15(6-4-14)22(19)23(20)34/h7-12,14-15,19,22H,2-6H2,1H3. The quantitative estimate of drug-likeness (QED) is 0.413. The van der Waals surface area contributed by atoms with Crippen molar-refractivity contribution in [3.05, 3.63) is 58.8 Å². The van der Waals surface area contributed by atoms with Crippen LogP contribution in [0.5, 0.6) is 11.6 Å². The van der Waals surface area contributed by atoms with Gasteiger partial charge in [-0.25, -0.2) is 4.98 Å². The van der Waals surface area contributed by atoms with Gasteiger partial charge in [0, 0.05) is 17.7 Å². The molecule has 1 heterocycles. The van der Waals surface area contributed by atoms with Crippen molar-refractivity contribution >= 4 is 11.4 Å². The zero-order valence-corrected chi connectivity index (χ0v) is 18.8. The molecule has 2 unspecified atom stereocenters. The van der Waals surface area contributed by atoms with Crippen molar-refractivity contribution in [3.63, 3.8) is 0 Å². The average Bonchev–Trinajstić information content (AvgIpc) is 3.18. The fourth-order valence-electron chi connectivity index (χ4n) is 5.98. The highest BCUT2D eigenvalue weighted by Crippen LogP contribution is 2.55. The fourth-order valence-corrected chi connectivity index (χ4v) is 5.98. The van der Waals surface area contributed by atoms with E-state index in [1.807, 2.05) is 13.0 Å². The number of pyridine rings is 1. The number of hydrogen-bond donors (Lipinski definition) is 0. The largest absolute Gasteiger partial charge is 0.438 e. The predicted molar refractivity (Wildman–Crippen MR) is 116 cm³/mol. The summed E-state index contributed by atoms with van der Waals surface area (Å²) >= 11 is 0. The molecule has 4 aliphatic carbocycles. The van der Waals surface area contributed by atoms with Crippen molar-refractivity contribution in [3.8, 4) is 11.6 Å². The number of carbonyl (C=O) groups excluding carboxylic acids is 1. The summed E-state index contributed by atoms with van der Waals surface area (Å²) in [5.74, 6) is 0.0523. The Morgan fingerprint density at radius 3 is 2.26 bits per heavy atom. The Morgan fingerprint density at radius 2 is 1.66 bits per heavy atom. The van der Waals surface area contributed by atoms with Crippen LogP contribution in [0.2, 0.25) is 0 Å². The number of nitrogens with zero attached hydrogens (tertiary/aromatic N) is 1. The molecule has 1 aromatic heterocycles. The number of carbonyl (C=O) groups is 1. The molecule has 35 heavy (non-hydrogen) atoms. The number of rotatable bonds is 4. The van der Waals surface area contributed by atoms with E-state index in [0.29, 0.717) is 35.6 Å². The Kier molecular flexibility index (Phi) is 5.72. The van der Waals surface area contributed by atoms with Crippen LogP contribution in [0.1, 0.15) is 54.9 Å². The summed E-state index contributed by atoms with van der Waals surface area (Å²) in [6.45, 7) is 1.91. The van der Waals surface area contributed by atoms with Gasteiger partial charge < -0.3 is 4.74 Å². The zero-order valence-electron chi connectivity index (χ0n) is 18.8. The molecule has 0 N–H and O–H groups in total. The lowest BCUT2D eigenvalue weighted by molar-refractivity contribution is -0.144. The number of halogens is 6. The van der Waals surface area contributed by atoms with Crippen LogP contribution in [0.25, 0.3) is 5.57 Å². The van der Waals surface area contributed by atoms with Crippen LogP contribution < -0.4 is 4.74 Å². The number of hydrogen-bond acceptors (Lipinski definition) is 3. The number of aryl methyl sites for hydroxylation is 1. The van der Waals surface area contributed by atoms with Gasteiger partial charge in [-0.15, -0.1) is 0 Å². The maximum Gasteiger partial charge on any atom is 0.421 e. The van der Waals surface area contributed by atoms with Crippen molar-refractivity contribution in [2.45, 2.75) is 51.4 Å². The normalized spacial score (nSPS) is 26.0. The molecule has 0 spiro atoms. The molecule has 2 aromatic rings. The number of aromatic nitrogens is 1. The summed E-state index contributed by atoms with van der Waals surface area (Å²) in [5, 5.41) is 0. The first-order valence-electron chi connectivity index (χ1n) is 11.7. The minimum atomic E-state index is -5.10. The molecule has 0 radical (unpaired) electrons. The maximum absolute atomic E-state index is 13.5. The number of ketones is 1. The molecule has 0 amide bonds. The van der Waals surface area contributed by atoms with E-state index in [9.17, 15) is 31.1 Å². The first kappa shape index (κ1) is 23.9. The fraction of sp³-hybridized carbons (Fsp3) is 0.462. The van der Waals surface area contributed by atoms with Crippen LogP contribution in [0, 0.1) is 23.7 Å². The third-order valence-electron chi connectivity index (χ3n) is 7.66. The molecule has 6 rings (SSSR count). The molecule has 3 fully saturated rings. The summed E-state index contributed by atoms with van der Waals surface area (Å²) in [6, 6.07) is 4.61. The first-order valence-corrected chi connectivity index (χ1v) is 11.7. The van der Waals surface area contributed by atoms with E-state index in [4.69, 9.17) is 4.74 Å². The van der Waals surface area contributed by atoms with Gasteiger partial charge in [0.05, 0.1) is 5.56 Å². The molecule has 0 saturated heterocycles. The van der Waals surface area contributed by atoms with E-state index in [2.05, 4.69) is 4.98 Å².